The van der Waals surface area contributed by atoms with Crippen LogP contribution in [0.4, 0.5) is 0 Å². The summed E-state index contributed by atoms with van der Waals surface area (Å²) >= 11 is 0. The normalized spacial score (nSPS) is 11.4. The highest BCUT2D eigenvalue weighted by Gasteiger charge is 2.23. The highest BCUT2D eigenvalue weighted by atomic mass is 16.3. The Morgan fingerprint density at radius 2 is 1.86 bits per heavy atom. The molecule has 0 radical (unpaired) electrons. The molecule has 0 saturated heterocycles. The Morgan fingerprint density at radius 3 is 2.48 bits per heavy atom. The first kappa shape index (κ1) is 15.3. The van der Waals surface area contributed by atoms with Crippen LogP contribution < -0.4 is 5.32 Å². The summed E-state index contributed by atoms with van der Waals surface area (Å²) in [5.74, 6) is -0.163. The number of rotatable bonds is 6. The Labute approximate surface area is 125 Å². The minimum absolute atomic E-state index is 0.163. The van der Waals surface area contributed by atoms with Crippen molar-refractivity contribution in [1.29, 1.82) is 0 Å². The van der Waals surface area contributed by atoms with E-state index in [1.54, 1.807) is 6.07 Å². The maximum Gasteiger partial charge on any atom is 0.251 e. The van der Waals surface area contributed by atoms with Crippen LogP contribution in [0.25, 0.3) is 5.69 Å². The Kier molecular flexibility index (Phi) is 4.81. The number of hydrogen-bond donors (Lipinski definition) is 2. The molecular weight excluding hydrogens is 264 g/mol. The number of carbonyl (C=O) groups is 1. The van der Waals surface area contributed by atoms with Gasteiger partial charge < -0.3 is 15.0 Å². The van der Waals surface area contributed by atoms with Crippen LogP contribution in [0, 0.1) is 0 Å². The molecule has 0 unspecified atom stereocenters. The van der Waals surface area contributed by atoms with Gasteiger partial charge in [-0.1, -0.05) is 19.9 Å². The molecule has 0 fully saturated rings. The molecule has 1 aromatic heterocycles. The number of amides is 1. The third-order valence-electron chi connectivity index (χ3n) is 3.91. The van der Waals surface area contributed by atoms with Gasteiger partial charge in [-0.25, -0.2) is 0 Å². The summed E-state index contributed by atoms with van der Waals surface area (Å²) in [7, 11) is 0. The van der Waals surface area contributed by atoms with Crippen LogP contribution >= 0.6 is 0 Å². The predicted octanol–water partition coefficient (Wildman–Crippen LogP) is 2.76. The van der Waals surface area contributed by atoms with Gasteiger partial charge in [0.2, 0.25) is 0 Å². The van der Waals surface area contributed by atoms with E-state index in [4.69, 9.17) is 0 Å². The van der Waals surface area contributed by atoms with Crippen LogP contribution in [0.3, 0.4) is 0 Å². The summed E-state index contributed by atoms with van der Waals surface area (Å²) in [6, 6.07) is 11.3. The fourth-order valence-electron chi connectivity index (χ4n) is 2.16. The molecule has 1 aromatic carbocycles. The number of benzene rings is 1. The second-order valence-corrected chi connectivity index (χ2v) is 5.25. The Balaban J connectivity index is 2.08. The minimum Gasteiger partial charge on any atom is -0.388 e. The van der Waals surface area contributed by atoms with E-state index in [1.807, 2.05) is 61.1 Å². The van der Waals surface area contributed by atoms with E-state index in [-0.39, 0.29) is 12.5 Å². The number of aromatic nitrogens is 1. The van der Waals surface area contributed by atoms with Crippen LogP contribution in [-0.4, -0.2) is 27.7 Å². The lowest BCUT2D eigenvalue weighted by Gasteiger charge is -2.25. The number of hydrogen-bond acceptors (Lipinski definition) is 2. The molecule has 1 amide bonds. The number of nitrogens with zero attached hydrogens (tertiary/aromatic N) is 1. The lowest BCUT2D eigenvalue weighted by Crippen LogP contribution is -2.42. The van der Waals surface area contributed by atoms with E-state index in [2.05, 4.69) is 5.32 Å². The molecule has 0 spiro atoms. The molecule has 1 heterocycles. The van der Waals surface area contributed by atoms with E-state index in [0.717, 1.165) is 5.69 Å². The third-order valence-corrected chi connectivity index (χ3v) is 3.91. The number of carbonyl (C=O) groups excluding carboxylic acids is 1. The van der Waals surface area contributed by atoms with Gasteiger partial charge in [-0.05, 0) is 43.2 Å². The topological polar surface area (TPSA) is 54.3 Å². The average molecular weight is 286 g/mol. The lowest BCUT2D eigenvalue weighted by molar-refractivity contribution is 0.0314. The second-order valence-electron chi connectivity index (χ2n) is 5.25. The highest BCUT2D eigenvalue weighted by molar-refractivity contribution is 5.94. The van der Waals surface area contributed by atoms with Crippen molar-refractivity contribution in [3.05, 3.63) is 54.4 Å². The van der Waals surface area contributed by atoms with Crippen LogP contribution in [0.15, 0.2) is 48.8 Å². The second kappa shape index (κ2) is 6.59. The fraction of sp³-hybridized carbons (Fsp3) is 0.353. The van der Waals surface area contributed by atoms with E-state index in [0.29, 0.717) is 18.4 Å². The molecule has 112 valence electrons. The van der Waals surface area contributed by atoms with E-state index < -0.39 is 5.60 Å². The molecule has 2 rings (SSSR count). The number of nitrogens with one attached hydrogen (secondary N) is 1. The minimum atomic E-state index is -0.826. The fourth-order valence-corrected chi connectivity index (χ4v) is 2.16. The van der Waals surface area contributed by atoms with Gasteiger partial charge in [-0.3, -0.25) is 4.79 Å². The van der Waals surface area contributed by atoms with Gasteiger partial charge in [0.15, 0.2) is 0 Å². The maximum absolute atomic E-state index is 12.2. The standard InChI is InChI=1S/C17H22N2O2/c1-3-17(21,4-2)13-18-16(20)14-8-7-9-15(12-14)19-10-5-6-11-19/h5-12,21H,3-4,13H2,1-2H3,(H,18,20). The van der Waals surface area contributed by atoms with Gasteiger partial charge in [0.05, 0.1) is 5.60 Å². The van der Waals surface area contributed by atoms with Gasteiger partial charge in [0.25, 0.3) is 5.91 Å². The monoisotopic (exact) mass is 286 g/mol. The van der Waals surface area contributed by atoms with E-state index in [9.17, 15) is 9.90 Å². The Morgan fingerprint density at radius 1 is 1.19 bits per heavy atom. The summed E-state index contributed by atoms with van der Waals surface area (Å²) in [6.45, 7) is 4.11. The first-order chi connectivity index (χ1) is 10.1. The van der Waals surface area contributed by atoms with Gasteiger partial charge >= 0.3 is 0 Å². The smallest absolute Gasteiger partial charge is 0.251 e. The third kappa shape index (κ3) is 3.73. The largest absolute Gasteiger partial charge is 0.388 e. The van der Waals surface area contributed by atoms with Gasteiger partial charge in [-0.2, -0.15) is 0 Å². The van der Waals surface area contributed by atoms with Gasteiger partial charge in [0, 0.05) is 30.2 Å². The first-order valence-corrected chi connectivity index (χ1v) is 7.32. The van der Waals surface area contributed by atoms with Crippen molar-refractivity contribution in [2.75, 3.05) is 6.54 Å². The SMILES string of the molecule is CCC(O)(CC)CNC(=O)c1cccc(-n2cccc2)c1. The molecule has 2 aromatic rings. The summed E-state index contributed by atoms with van der Waals surface area (Å²) in [6.07, 6.45) is 5.11. The van der Waals surface area contributed by atoms with Crippen molar-refractivity contribution in [2.24, 2.45) is 0 Å². The van der Waals surface area contributed by atoms with E-state index in [1.165, 1.54) is 0 Å². The van der Waals surface area contributed by atoms with Crippen molar-refractivity contribution in [2.45, 2.75) is 32.3 Å². The molecule has 0 aliphatic heterocycles. The number of aliphatic hydroxyl groups is 1. The van der Waals surface area contributed by atoms with Crippen molar-refractivity contribution in [3.63, 3.8) is 0 Å². The summed E-state index contributed by atoms with van der Waals surface area (Å²) < 4.78 is 1.95. The molecule has 0 aliphatic carbocycles. The molecule has 4 heteroatoms. The zero-order valence-electron chi connectivity index (χ0n) is 12.5. The average Bonchev–Trinajstić information content (AvgIpc) is 3.07. The zero-order valence-corrected chi connectivity index (χ0v) is 12.5. The maximum atomic E-state index is 12.2. The first-order valence-electron chi connectivity index (χ1n) is 7.32. The van der Waals surface area contributed by atoms with Crippen LogP contribution in [0.2, 0.25) is 0 Å². The predicted molar refractivity (Wildman–Crippen MR) is 83.6 cm³/mol. The van der Waals surface area contributed by atoms with Gasteiger partial charge in [-0.15, -0.1) is 0 Å². The lowest BCUT2D eigenvalue weighted by atomic mass is 9.97. The molecule has 0 aliphatic rings. The van der Waals surface area contributed by atoms with Crippen molar-refractivity contribution < 1.29 is 9.90 Å². The molecule has 0 saturated carbocycles. The quantitative estimate of drug-likeness (QED) is 0.858. The Hall–Kier alpha value is -2.07. The molecule has 0 bridgehead atoms. The summed E-state index contributed by atoms with van der Waals surface area (Å²) in [5, 5.41) is 13.0. The summed E-state index contributed by atoms with van der Waals surface area (Å²) in [4.78, 5) is 12.2. The molecule has 21 heavy (non-hydrogen) atoms. The Bertz CT molecular complexity index is 587. The molecule has 4 nitrogen and oxygen atoms in total. The van der Waals surface area contributed by atoms with E-state index >= 15 is 0 Å². The van der Waals surface area contributed by atoms with Crippen molar-refractivity contribution >= 4 is 5.91 Å². The van der Waals surface area contributed by atoms with Gasteiger partial charge in [0.1, 0.15) is 0 Å². The molecule has 0 atom stereocenters. The molecular formula is C17H22N2O2. The van der Waals surface area contributed by atoms with Crippen LogP contribution in [0.5, 0.6) is 0 Å². The highest BCUT2D eigenvalue weighted by Crippen LogP contribution is 2.14. The van der Waals surface area contributed by atoms with Crippen molar-refractivity contribution in [3.8, 4) is 5.69 Å². The van der Waals surface area contributed by atoms with Crippen LogP contribution in [-0.2, 0) is 0 Å². The van der Waals surface area contributed by atoms with Crippen LogP contribution in [0.1, 0.15) is 37.0 Å². The molecule has 2 N–H and O–H groups in total. The zero-order chi connectivity index (χ0) is 15.3. The summed E-state index contributed by atoms with van der Waals surface area (Å²) in [5.41, 5.74) is 0.706. The van der Waals surface area contributed by atoms with Crippen molar-refractivity contribution in [1.82, 2.24) is 9.88 Å².